The lowest BCUT2D eigenvalue weighted by atomic mass is 9.88. The molecule has 36 heavy (non-hydrogen) atoms. The van der Waals surface area contributed by atoms with Gasteiger partial charge in [0.25, 0.3) is 0 Å². The highest BCUT2D eigenvalue weighted by Crippen LogP contribution is 2.38. The van der Waals surface area contributed by atoms with Crippen LogP contribution in [0.25, 0.3) is 45.2 Å². The second kappa shape index (κ2) is 9.43. The van der Waals surface area contributed by atoms with Gasteiger partial charge in [-0.3, -0.25) is 10.1 Å². The van der Waals surface area contributed by atoms with Gasteiger partial charge in [-0.25, -0.2) is 4.98 Å². The average molecular weight is 477 g/mol. The van der Waals surface area contributed by atoms with E-state index in [4.69, 9.17) is 9.72 Å². The van der Waals surface area contributed by atoms with Crippen molar-refractivity contribution in [3.8, 4) is 50.9 Å². The maximum Gasteiger partial charge on any atom is 0.138 e. The Labute approximate surface area is 210 Å². The van der Waals surface area contributed by atoms with Crippen molar-refractivity contribution in [1.29, 1.82) is 0 Å². The van der Waals surface area contributed by atoms with E-state index in [0.29, 0.717) is 6.61 Å². The molecule has 0 radical (unpaired) electrons. The van der Waals surface area contributed by atoms with Gasteiger partial charge in [-0.1, -0.05) is 12.1 Å². The van der Waals surface area contributed by atoms with Crippen molar-refractivity contribution in [2.45, 2.75) is 12.8 Å². The topological polar surface area (TPSA) is 82.7 Å². The number of aromatic amines is 2. The van der Waals surface area contributed by atoms with Gasteiger partial charge in [0.2, 0.25) is 0 Å². The molecule has 2 aromatic carbocycles. The van der Waals surface area contributed by atoms with Crippen LogP contribution in [0.2, 0.25) is 0 Å². The largest absolute Gasteiger partial charge is 0.492 e. The summed E-state index contributed by atoms with van der Waals surface area (Å²) in [6.45, 7) is 1.53. The number of likely N-dealkylation sites (N-methyl/N-ethyl adjacent to an activating group) is 1. The molecule has 0 spiro atoms. The fraction of sp³-hybridized carbons (Fsp3) is 0.207. The van der Waals surface area contributed by atoms with E-state index < -0.39 is 0 Å². The number of hydrogen-bond acceptors (Lipinski definition) is 5. The van der Waals surface area contributed by atoms with Gasteiger partial charge in [-0.05, 0) is 80.5 Å². The number of benzene rings is 2. The molecule has 0 unspecified atom stereocenters. The second-order valence-electron chi connectivity index (χ2n) is 9.36. The highest BCUT2D eigenvalue weighted by molar-refractivity contribution is 5.83. The first kappa shape index (κ1) is 22.2. The Kier molecular flexibility index (Phi) is 5.83. The van der Waals surface area contributed by atoms with Gasteiger partial charge >= 0.3 is 0 Å². The summed E-state index contributed by atoms with van der Waals surface area (Å²) in [4.78, 5) is 15.0. The zero-order chi connectivity index (χ0) is 24.5. The number of aromatic nitrogens is 5. The molecule has 0 bridgehead atoms. The minimum absolute atomic E-state index is 0.655. The average Bonchev–Trinajstić information content (AvgIpc) is 3.57. The zero-order valence-corrected chi connectivity index (χ0v) is 20.5. The number of nitrogens with one attached hydrogen (secondary N) is 2. The number of ether oxygens (including phenoxy) is 1. The summed E-state index contributed by atoms with van der Waals surface area (Å²) < 4.78 is 5.86. The van der Waals surface area contributed by atoms with Crippen molar-refractivity contribution in [2.75, 3.05) is 27.2 Å². The third kappa shape index (κ3) is 4.29. The molecule has 7 heteroatoms. The highest BCUT2D eigenvalue weighted by atomic mass is 16.5. The van der Waals surface area contributed by atoms with Gasteiger partial charge in [-0.15, -0.1) is 0 Å². The number of pyridine rings is 1. The van der Waals surface area contributed by atoms with E-state index in [2.05, 4.69) is 55.4 Å². The van der Waals surface area contributed by atoms with Crippen molar-refractivity contribution in [2.24, 2.45) is 0 Å². The van der Waals surface area contributed by atoms with E-state index in [0.717, 1.165) is 64.7 Å². The second-order valence-corrected chi connectivity index (χ2v) is 9.36. The van der Waals surface area contributed by atoms with Crippen LogP contribution in [-0.2, 0) is 12.8 Å². The van der Waals surface area contributed by atoms with E-state index in [1.54, 1.807) is 0 Å². The molecular formula is C29H28N6O. The van der Waals surface area contributed by atoms with Crippen molar-refractivity contribution in [1.82, 2.24) is 30.0 Å². The maximum absolute atomic E-state index is 5.86. The molecular weight excluding hydrogens is 448 g/mol. The molecule has 0 atom stereocenters. The van der Waals surface area contributed by atoms with Gasteiger partial charge in [0, 0.05) is 41.2 Å². The van der Waals surface area contributed by atoms with Gasteiger partial charge in [0.1, 0.15) is 18.2 Å². The van der Waals surface area contributed by atoms with Crippen LogP contribution in [0.1, 0.15) is 11.1 Å². The number of imidazole rings is 1. The third-order valence-electron chi connectivity index (χ3n) is 6.64. The number of H-pyrrole nitrogens is 2. The van der Waals surface area contributed by atoms with Crippen LogP contribution in [0, 0.1) is 0 Å². The molecule has 180 valence electrons. The normalized spacial score (nSPS) is 12.4. The minimum Gasteiger partial charge on any atom is -0.492 e. The smallest absolute Gasteiger partial charge is 0.138 e. The standard InChI is InChI=1S/C29H28N6O/c1-35(2)15-16-36-24-8-5-20(6-9-24)29-32-27(19-11-13-30-14-12-19)28(33-29)22-7-10-25-21(17-22)3-4-23-18-31-34-26(23)25/h5-14,17-18H,3-4,15-16H2,1-2H3,(H,31,34)(H,32,33). The third-order valence-corrected chi connectivity index (χ3v) is 6.64. The van der Waals surface area contributed by atoms with E-state index in [-0.39, 0.29) is 0 Å². The van der Waals surface area contributed by atoms with Crippen LogP contribution in [0.5, 0.6) is 5.75 Å². The summed E-state index contributed by atoms with van der Waals surface area (Å²) >= 11 is 0. The Bertz CT molecular complexity index is 1480. The fourth-order valence-electron chi connectivity index (χ4n) is 4.70. The quantitative estimate of drug-likeness (QED) is 0.336. The van der Waals surface area contributed by atoms with Gasteiger partial charge in [0.05, 0.1) is 23.3 Å². The van der Waals surface area contributed by atoms with Crippen molar-refractivity contribution in [3.05, 3.63) is 84.3 Å². The maximum atomic E-state index is 5.86. The SMILES string of the molecule is CN(C)CCOc1ccc(-c2nc(-c3ccc4c(c3)CCc3cn[nH]c3-4)c(-c3ccncc3)[nH]2)cc1. The Balaban J connectivity index is 1.36. The summed E-state index contributed by atoms with van der Waals surface area (Å²) in [5.74, 6) is 1.68. The molecule has 0 fully saturated rings. The summed E-state index contributed by atoms with van der Waals surface area (Å²) in [5, 5.41) is 7.41. The first-order valence-corrected chi connectivity index (χ1v) is 12.2. The van der Waals surface area contributed by atoms with E-state index >= 15 is 0 Å². The van der Waals surface area contributed by atoms with Crippen LogP contribution in [0.4, 0.5) is 0 Å². The lowest BCUT2D eigenvalue weighted by Crippen LogP contribution is -2.19. The number of rotatable bonds is 7. The van der Waals surface area contributed by atoms with Gasteiger partial charge in [0.15, 0.2) is 0 Å². The summed E-state index contributed by atoms with van der Waals surface area (Å²) in [7, 11) is 4.08. The van der Waals surface area contributed by atoms with Crippen molar-refractivity contribution >= 4 is 0 Å². The van der Waals surface area contributed by atoms with Crippen molar-refractivity contribution in [3.63, 3.8) is 0 Å². The molecule has 2 N–H and O–H groups in total. The Morgan fingerprint density at radius 3 is 2.44 bits per heavy atom. The monoisotopic (exact) mass is 476 g/mol. The Morgan fingerprint density at radius 2 is 1.64 bits per heavy atom. The predicted molar refractivity (Wildman–Crippen MR) is 142 cm³/mol. The summed E-state index contributed by atoms with van der Waals surface area (Å²) in [6.07, 6.45) is 7.55. The number of aryl methyl sites for hydroxylation is 2. The lowest BCUT2D eigenvalue weighted by Gasteiger charge is -2.16. The van der Waals surface area contributed by atoms with Gasteiger partial charge < -0.3 is 14.6 Å². The lowest BCUT2D eigenvalue weighted by molar-refractivity contribution is 0.261. The van der Waals surface area contributed by atoms with Crippen LogP contribution in [0.3, 0.4) is 0 Å². The molecule has 3 aromatic heterocycles. The zero-order valence-electron chi connectivity index (χ0n) is 20.5. The predicted octanol–water partition coefficient (Wildman–Crippen LogP) is 5.23. The Hall–Kier alpha value is -4.23. The molecule has 3 heterocycles. The summed E-state index contributed by atoms with van der Waals surface area (Å²) in [6, 6.07) is 18.7. The van der Waals surface area contributed by atoms with Crippen LogP contribution < -0.4 is 4.74 Å². The molecule has 0 amide bonds. The fourth-order valence-corrected chi connectivity index (χ4v) is 4.70. The van der Waals surface area contributed by atoms with E-state index in [1.165, 1.54) is 16.7 Å². The summed E-state index contributed by atoms with van der Waals surface area (Å²) in [5.41, 5.74) is 10.0. The van der Waals surface area contributed by atoms with Crippen LogP contribution >= 0.6 is 0 Å². The molecule has 0 aliphatic heterocycles. The van der Waals surface area contributed by atoms with E-state index in [1.807, 2.05) is 57.0 Å². The molecule has 5 aromatic rings. The molecule has 7 nitrogen and oxygen atoms in total. The number of fused-ring (bicyclic) bond motifs is 3. The molecule has 0 saturated heterocycles. The first-order valence-electron chi connectivity index (χ1n) is 12.2. The Morgan fingerprint density at radius 1 is 0.861 bits per heavy atom. The van der Waals surface area contributed by atoms with Gasteiger partial charge in [-0.2, -0.15) is 5.10 Å². The van der Waals surface area contributed by atoms with Crippen LogP contribution in [0.15, 0.2) is 73.2 Å². The number of hydrogen-bond donors (Lipinski definition) is 2. The van der Waals surface area contributed by atoms with E-state index in [9.17, 15) is 0 Å². The number of nitrogens with zero attached hydrogens (tertiary/aromatic N) is 4. The molecule has 0 saturated carbocycles. The minimum atomic E-state index is 0.655. The molecule has 6 rings (SSSR count). The first-order chi connectivity index (χ1) is 17.7. The molecule has 1 aliphatic rings. The highest BCUT2D eigenvalue weighted by Gasteiger charge is 2.21. The van der Waals surface area contributed by atoms with Crippen LogP contribution in [-0.4, -0.2) is 57.3 Å². The van der Waals surface area contributed by atoms with Crippen molar-refractivity contribution < 1.29 is 4.74 Å². The molecule has 1 aliphatic carbocycles.